The van der Waals surface area contributed by atoms with Crippen LogP contribution in [0.3, 0.4) is 0 Å². The number of halogens is 1. The number of nitrogens with zero attached hydrogens (tertiary/aromatic N) is 2. The summed E-state index contributed by atoms with van der Waals surface area (Å²) < 4.78 is 0. The Kier molecular flexibility index (Phi) is 5.57. The molecule has 1 saturated heterocycles. The van der Waals surface area contributed by atoms with E-state index < -0.39 is 0 Å². The lowest BCUT2D eigenvalue weighted by Crippen LogP contribution is -2.33. The fourth-order valence-corrected chi connectivity index (χ4v) is 3.96. The third kappa shape index (κ3) is 4.37. The molecule has 2 heterocycles. The molecule has 2 nitrogen and oxygen atoms in total. The fraction of sp³-hybridized carbons (Fsp3) is 0.476. The van der Waals surface area contributed by atoms with Crippen molar-refractivity contribution >= 4 is 11.6 Å². The van der Waals surface area contributed by atoms with Crippen LogP contribution >= 0.6 is 11.6 Å². The zero-order chi connectivity index (χ0) is 17.1. The SMILES string of the molecule is CCC1CCN(Cc2cc(C)nc(-c3cc(C)cc(Cl)c3)c2)CC1. The minimum atomic E-state index is 0.775. The summed E-state index contributed by atoms with van der Waals surface area (Å²) in [7, 11) is 0. The van der Waals surface area contributed by atoms with Crippen LogP contribution in [-0.4, -0.2) is 23.0 Å². The lowest BCUT2D eigenvalue weighted by atomic mass is 9.94. The van der Waals surface area contributed by atoms with Gasteiger partial charge in [-0.15, -0.1) is 0 Å². The minimum Gasteiger partial charge on any atom is -0.299 e. The molecule has 0 N–H and O–H groups in total. The van der Waals surface area contributed by atoms with Crippen LogP contribution in [0.1, 0.15) is 43.0 Å². The number of benzene rings is 1. The second-order valence-electron chi connectivity index (χ2n) is 7.15. The Hall–Kier alpha value is -1.38. The summed E-state index contributed by atoms with van der Waals surface area (Å²) in [5, 5.41) is 0.775. The van der Waals surface area contributed by atoms with Crippen LogP contribution in [-0.2, 0) is 6.54 Å². The monoisotopic (exact) mass is 342 g/mol. The quantitative estimate of drug-likeness (QED) is 0.714. The number of piperidine rings is 1. The van der Waals surface area contributed by atoms with E-state index in [1.54, 1.807) is 0 Å². The van der Waals surface area contributed by atoms with E-state index in [1.807, 2.05) is 12.1 Å². The number of likely N-dealkylation sites (tertiary alicyclic amines) is 1. The molecule has 0 aliphatic carbocycles. The summed E-state index contributed by atoms with van der Waals surface area (Å²) in [6, 6.07) is 10.6. The van der Waals surface area contributed by atoms with E-state index in [0.717, 1.165) is 34.4 Å². The Morgan fingerprint density at radius 2 is 1.83 bits per heavy atom. The smallest absolute Gasteiger partial charge is 0.0709 e. The predicted octanol–water partition coefficient (Wildman–Crippen LogP) is 5.64. The summed E-state index contributed by atoms with van der Waals surface area (Å²) >= 11 is 6.23. The molecule has 1 aliphatic heterocycles. The van der Waals surface area contributed by atoms with E-state index in [1.165, 1.54) is 43.5 Å². The van der Waals surface area contributed by atoms with Gasteiger partial charge in [-0.3, -0.25) is 9.88 Å². The van der Waals surface area contributed by atoms with Crippen LogP contribution in [0.25, 0.3) is 11.3 Å². The maximum Gasteiger partial charge on any atom is 0.0709 e. The van der Waals surface area contributed by atoms with Crippen molar-refractivity contribution in [2.75, 3.05) is 13.1 Å². The van der Waals surface area contributed by atoms with Crippen molar-refractivity contribution in [2.24, 2.45) is 5.92 Å². The largest absolute Gasteiger partial charge is 0.299 e. The lowest BCUT2D eigenvalue weighted by Gasteiger charge is -2.31. The molecule has 0 amide bonds. The third-order valence-corrected chi connectivity index (χ3v) is 5.26. The number of pyridine rings is 1. The van der Waals surface area contributed by atoms with Gasteiger partial charge in [-0.25, -0.2) is 0 Å². The zero-order valence-electron chi connectivity index (χ0n) is 15.0. The van der Waals surface area contributed by atoms with Gasteiger partial charge in [0.15, 0.2) is 0 Å². The van der Waals surface area contributed by atoms with Crippen molar-refractivity contribution < 1.29 is 0 Å². The first kappa shape index (κ1) is 17.4. The number of hydrogen-bond acceptors (Lipinski definition) is 2. The van der Waals surface area contributed by atoms with Crippen LogP contribution in [0.4, 0.5) is 0 Å². The van der Waals surface area contributed by atoms with E-state index >= 15 is 0 Å². The van der Waals surface area contributed by atoms with Crippen molar-refractivity contribution in [3.05, 3.63) is 52.2 Å². The van der Waals surface area contributed by atoms with Crippen molar-refractivity contribution in [1.29, 1.82) is 0 Å². The van der Waals surface area contributed by atoms with Crippen molar-refractivity contribution in [2.45, 2.75) is 46.6 Å². The van der Waals surface area contributed by atoms with E-state index in [9.17, 15) is 0 Å². The zero-order valence-corrected chi connectivity index (χ0v) is 15.7. The molecule has 2 aromatic rings. The van der Waals surface area contributed by atoms with Crippen LogP contribution in [0.2, 0.25) is 5.02 Å². The fourth-order valence-electron chi connectivity index (χ4n) is 3.67. The van der Waals surface area contributed by atoms with Gasteiger partial charge in [0.05, 0.1) is 5.69 Å². The molecule has 128 valence electrons. The predicted molar refractivity (Wildman–Crippen MR) is 102 cm³/mol. The Balaban J connectivity index is 1.79. The average molecular weight is 343 g/mol. The highest BCUT2D eigenvalue weighted by atomic mass is 35.5. The third-order valence-electron chi connectivity index (χ3n) is 5.04. The van der Waals surface area contributed by atoms with Gasteiger partial charge in [-0.05, 0) is 87.2 Å². The van der Waals surface area contributed by atoms with Gasteiger partial charge < -0.3 is 0 Å². The molecule has 0 unspecified atom stereocenters. The summed E-state index contributed by atoms with van der Waals surface area (Å²) in [6.07, 6.45) is 3.99. The Bertz CT molecular complexity index is 683. The van der Waals surface area contributed by atoms with Gasteiger partial charge in [0.25, 0.3) is 0 Å². The van der Waals surface area contributed by atoms with Gasteiger partial charge in [0.1, 0.15) is 0 Å². The highest BCUT2D eigenvalue weighted by Gasteiger charge is 2.18. The van der Waals surface area contributed by atoms with Crippen molar-refractivity contribution in [3.8, 4) is 11.3 Å². The molecule has 24 heavy (non-hydrogen) atoms. The Morgan fingerprint density at radius 3 is 2.50 bits per heavy atom. The second-order valence-corrected chi connectivity index (χ2v) is 7.58. The lowest BCUT2D eigenvalue weighted by molar-refractivity contribution is 0.175. The molecule has 0 spiro atoms. The van der Waals surface area contributed by atoms with E-state index in [4.69, 9.17) is 16.6 Å². The number of rotatable bonds is 4. The molecular formula is C21H27ClN2. The topological polar surface area (TPSA) is 16.1 Å². The van der Waals surface area contributed by atoms with E-state index in [-0.39, 0.29) is 0 Å². The van der Waals surface area contributed by atoms with Gasteiger partial charge in [-0.2, -0.15) is 0 Å². The van der Waals surface area contributed by atoms with Gasteiger partial charge in [0, 0.05) is 22.8 Å². The highest BCUT2D eigenvalue weighted by molar-refractivity contribution is 6.30. The molecule has 0 radical (unpaired) electrons. The van der Waals surface area contributed by atoms with Crippen molar-refractivity contribution in [3.63, 3.8) is 0 Å². The highest BCUT2D eigenvalue weighted by Crippen LogP contribution is 2.26. The molecule has 3 rings (SSSR count). The number of aryl methyl sites for hydroxylation is 2. The molecule has 1 fully saturated rings. The molecule has 3 heteroatoms. The van der Waals surface area contributed by atoms with E-state index in [2.05, 4.69) is 43.9 Å². The molecule has 0 bridgehead atoms. The maximum atomic E-state index is 6.23. The summed E-state index contributed by atoms with van der Waals surface area (Å²) in [4.78, 5) is 7.30. The first-order chi connectivity index (χ1) is 11.5. The molecule has 1 aromatic carbocycles. The first-order valence-electron chi connectivity index (χ1n) is 9.01. The van der Waals surface area contributed by atoms with Gasteiger partial charge >= 0.3 is 0 Å². The molecule has 1 aromatic heterocycles. The van der Waals surface area contributed by atoms with Gasteiger partial charge in [0.2, 0.25) is 0 Å². The standard InChI is InChI=1S/C21H27ClN2/c1-4-17-5-7-24(8-6-17)14-18-11-16(3)23-21(12-18)19-9-15(2)10-20(22)13-19/h9-13,17H,4-8,14H2,1-3H3. The van der Waals surface area contributed by atoms with Gasteiger partial charge in [-0.1, -0.05) is 24.9 Å². The second kappa shape index (κ2) is 7.67. The molecule has 0 atom stereocenters. The number of hydrogen-bond donors (Lipinski definition) is 0. The normalized spacial score (nSPS) is 16.5. The molecule has 1 aliphatic rings. The molecular weight excluding hydrogens is 316 g/mol. The van der Waals surface area contributed by atoms with Crippen molar-refractivity contribution in [1.82, 2.24) is 9.88 Å². The van der Waals surface area contributed by atoms with Crippen LogP contribution in [0, 0.1) is 19.8 Å². The average Bonchev–Trinajstić information content (AvgIpc) is 2.54. The summed E-state index contributed by atoms with van der Waals surface area (Å²) in [5.41, 5.74) is 5.73. The van der Waals surface area contributed by atoms with Crippen LogP contribution in [0.5, 0.6) is 0 Å². The maximum absolute atomic E-state index is 6.23. The summed E-state index contributed by atoms with van der Waals surface area (Å²) in [6.45, 7) is 9.91. The Morgan fingerprint density at radius 1 is 1.08 bits per heavy atom. The minimum absolute atomic E-state index is 0.775. The first-order valence-corrected chi connectivity index (χ1v) is 9.38. The molecule has 0 saturated carbocycles. The Labute approximate surface area is 150 Å². The number of aromatic nitrogens is 1. The van der Waals surface area contributed by atoms with E-state index in [0.29, 0.717) is 0 Å². The summed E-state index contributed by atoms with van der Waals surface area (Å²) in [5.74, 6) is 0.922. The van der Waals surface area contributed by atoms with Crippen LogP contribution in [0.15, 0.2) is 30.3 Å². The van der Waals surface area contributed by atoms with Crippen LogP contribution < -0.4 is 0 Å².